The number of hydrogen-bond donors (Lipinski definition) is 1. The third-order valence-electron chi connectivity index (χ3n) is 5.23. The molecule has 4 rings (SSSR count). The number of nitrogens with zero attached hydrogens (tertiary/aromatic N) is 2. The first-order valence-corrected chi connectivity index (χ1v) is 9.56. The van der Waals surface area contributed by atoms with E-state index in [-0.39, 0.29) is 24.1 Å². The Bertz CT molecular complexity index is 1180. The van der Waals surface area contributed by atoms with Crippen molar-refractivity contribution in [2.45, 2.75) is 26.2 Å². The number of benzene rings is 2. The molecule has 1 amide bonds. The monoisotopic (exact) mass is 387 g/mol. The molecule has 0 aliphatic carbocycles. The van der Waals surface area contributed by atoms with Gasteiger partial charge in [-0.3, -0.25) is 4.79 Å². The average molecular weight is 387 g/mol. The molecule has 0 aliphatic rings. The summed E-state index contributed by atoms with van der Waals surface area (Å²) >= 11 is 0. The van der Waals surface area contributed by atoms with Gasteiger partial charge in [0.2, 0.25) is 5.91 Å². The molecule has 0 saturated heterocycles. The van der Waals surface area contributed by atoms with Gasteiger partial charge >= 0.3 is 0 Å². The molecule has 146 valence electrons. The lowest BCUT2D eigenvalue weighted by atomic mass is 9.92. The highest BCUT2D eigenvalue weighted by Gasteiger charge is 2.22. The van der Waals surface area contributed by atoms with Gasteiger partial charge in [0.05, 0.1) is 5.69 Å². The number of aromatic nitrogens is 2. The third kappa shape index (κ3) is 4.04. The smallest absolute Gasteiger partial charge is 0.225 e. The highest BCUT2D eigenvalue weighted by atomic mass is 19.1. The largest absolute Gasteiger partial charge is 0.326 e. The van der Waals surface area contributed by atoms with E-state index in [0.717, 1.165) is 28.2 Å². The molecule has 1 N–H and O–H groups in total. The Morgan fingerprint density at radius 2 is 1.93 bits per heavy atom. The molecule has 0 fully saturated rings. The zero-order valence-corrected chi connectivity index (χ0v) is 16.4. The molecule has 0 spiro atoms. The molecule has 4 aromatic rings. The maximum absolute atomic E-state index is 13.9. The molecule has 0 aliphatic heterocycles. The molecule has 4 nitrogen and oxygen atoms in total. The van der Waals surface area contributed by atoms with Crippen molar-refractivity contribution < 1.29 is 9.18 Å². The second kappa shape index (κ2) is 7.87. The number of nitrogens with one attached hydrogen (secondary N) is 1. The molecule has 0 saturated carbocycles. The number of carbonyl (C=O) groups excluding carboxylic acids is 1. The molecule has 5 heteroatoms. The fourth-order valence-electron chi connectivity index (χ4n) is 3.54. The Hall–Kier alpha value is -3.47. The summed E-state index contributed by atoms with van der Waals surface area (Å²) in [6, 6.07) is 18.0. The molecule has 29 heavy (non-hydrogen) atoms. The van der Waals surface area contributed by atoms with Crippen molar-refractivity contribution in [2.24, 2.45) is 0 Å². The Labute approximate surface area is 169 Å². The standard InChI is InChI=1S/C24H22FN3O/c1-16-9-10-20(12-17(16)2)27-24(29)14-21(18-6-5-7-19(25)13-18)22-15-26-23-8-3-4-11-28(22)23/h3-13,15,21H,14H2,1-2H3,(H,27,29). The Balaban J connectivity index is 1.67. The molecule has 2 heterocycles. The first kappa shape index (κ1) is 18.9. The van der Waals surface area contributed by atoms with Crippen molar-refractivity contribution in [3.63, 3.8) is 0 Å². The summed E-state index contributed by atoms with van der Waals surface area (Å²) in [5.41, 5.74) is 5.43. The van der Waals surface area contributed by atoms with Crippen molar-refractivity contribution in [3.8, 4) is 0 Å². The summed E-state index contributed by atoms with van der Waals surface area (Å²) in [6.07, 6.45) is 3.85. The number of fused-ring (bicyclic) bond motifs is 1. The van der Waals surface area contributed by atoms with E-state index in [0.29, 0.717) is 0 Å². The van der Waals surface area contributed by atoms with Crippen LogP contribution in [0.25, 0.3) is 5.65 Å². The fourth-order valence-corrected chi connectivity index (χ4v) is 3.54. The van der Waals surface area contributed by atoms with Gasteiger partial charge in [-0.25, -0.2) is 9.37 Å². The van der Waals surface area contributed by atoms with Crippen LogP contribution in [0.15, 0.2) is 73.1 Å². The highest BCUT2D eigenvalue weighted by molar-refractivity contribution is 5.91. The second-order valence-corrected chi connectivity index (χ2v) is 7.27. The molecule has 0 radical (unpaired) electrons. The van der Waals surface area contributed by atoms with Crippen LogP contribution in [-0.4, -0.2) is 15.3 Å². The highest BCUT2D eigenvalue weighted by Crippen LogP contribution is 2.30. The molecular weight excluding hydrogens is 365 g/mol. The molecular formula is C24H22FN3O. The summed E-state index contributed by atoms with van der Waals surface area (Å²) in [7, 11) is 0. The van der Waals surface area contributed by atoms with Gasteiger partial charge in [-0.15, -0.1) is 0 Å². The Morgan fingerprint density at radius 1 is 1.07 bits per heavy atom. The van der Waals surface area contributed by atoms with Gasteiger partial charge < -0.3 is 9.72 Å². The van der Waals surface area contributed by atoms with Crippen LogP contribution in [0.3, 0.4) is 0 Å². The van der Waals surface area contributed by atoms with Gasteiger partial charge in [0, 0.05) is 30.4 Å². The van der Waals surface area contributed by atoms with E-state index >= 15 is 0 Å². The second-order valence-electron chi connectivity index (χ2n) is 7.27. The maximum Gasteiger partial charge on any atom is 0.225 e. The van der Waals surface area contributed by atoms with Crippen molar-refractivity contribution in [1.29, 1.82) is 0 Å². The fraction of sp³-hybridized carbons (Fsp3) is 0.167. The van der Waals surface area contributed by atoms with Crippen LogP contribution < -0.4 is 5.32 Å². The molecule has 2 aromatic carbocycles. The topological polar surface area (TPSA) is 46.4 Å². The minimum absolute atomic E-state index is 0.131. The Morgan fingerprint density at radius 3 is 2.72 bits per heavy atom. The quantitative estimate of drug-likeness (QED) is 0.508. The van der Waals surface area contributed by atoms with Crippen LogP contribution in [0.4, 0.5) is 10.1 Å². The average Bonchev–Trinajstić information content (AvgIpc) is 3.13. The van der Waals surface area contributed by atoms with E-state index in [2.05, 4.69) is 10.3 Å². The lowest BCUT2D eigenvalue weighted by molar-refractivity contribution is -0.116. The van der Waals surface area contributed by atoms with E-state index < -0.39 is 0 Å². The SMILES string of the molecule is Cc1ccc(NC(=O)CC(c2cccc(F)c2)c2cnc3ccccn23)cc1C. The number of anilines is 1. The minimum atomic E-state index is -0.324. The summed E-state index contributed by atoms with van der Waals surface area (Å²) in [6.45, 7) is 4.05. The Kier molecular flexibility index (Phi) is 5.12. The van der Waals surface area contributed by atoms with Gasteiger partial charge in [-0.1, -0.05) is 24.3 Å². The van der Waals surface area contributed by atoms with E-state index in [1.54, 1.807) is 12.3 Å². The maximum atomic E-state index is 13.9. The predicted octanol–water partition coefficient (Wildman–Crippen LogP) is 5.25. The number of imidazole rings is 1. The molecule has 1 atom stereocenters. The van der Waals surface area contributed by atoms with E-state index in [9.17, 15) is 9.18 Å². The minimum Gasteiger partial charge on any atom is -0.326 e. The number of aryl methyl sites for hydroxylation is 2. The van der Waals surface area contributed by atoms with Gasteiger partial charge in [-0.05, 0) is 66.9 Å². The predicted molar refractivity (Wildman–Crippen MR) is 113 cm³/mol. The summed E-state index contributed by atoms with van der Waals surface area (Å²) in [5.74, 6) is -0.779. The van der Waals surface area contributed by atoms with Crippen LogP contribution in [0.1, 0.15) is 34.7 Å². The zero-order chi connectivity index (χ0) is 20.4. The van der Waals surface area contributed by atoms with E-state index in [4.69, 9.17) is 0 Å². The molecule has 1 unspecified atom stereocenters. The van der Waals surface area contributed by atoms with Crippen LogP contribution in [-0.2, 0) is 4.79 Å². The number of hydrogen-bond acceptors (Lipinski definition) is 2. The lowest BCUT2D eigenvalue weighted by Crippen LogP contribution is -2.17. The van der Waals surface area contributed by atoms with Crippen molar-refractivity contribution >= 4 is 17.2 Å². The van der Waals surface area contributed by atoms with Gasteiger partial charge in [0.1, 0.15) is 11.5 Å². The summed E-state index contributed by atoms with van der Waals surface area (Å²) in [4.78, 5) is 17.3. The first-order chi connectivity index (χ1) is 14.0. The van der Waals surface area contributed by atoms with Crippen molar-refractivity contribution in [1.82, 2.24) is 9.38 Å². The van der Waals surface area contributed by atoms with E-state index in [1.807, 2.05) is 66.9 Å². The van der Waals surface area contributed by atoms with Crippen LogP contribution in [0.5, 0.6) is 0 Å². The van der Waals surface area contributed by atoms with Gasteiger partial charge in [0.25, 0.3) is 0 Å². The number of amides is 1. The third-order valence-corrected chi connectivity index (χ3v) is 5.23. The molecule has 2 aromatic heterocycles. The van der Waals surface area contributed by atoms with E-state index in [1.165, 1.54) is 17.7 Å². The number of halogens is 1. The van der Waals surface area contributed by atoms with Crippen LogP contribution >= 0.6 is 0 Å². The number of pyridine rings is 1. The van der Waals surface area contributed by atoms with Gasteiger partial charge in [-0.2, -0.15) is 0 Å². The van der Waals surface area contributed by atoms with Crippen LogP contribution in [0, 0.1) is 19.7 Å². The zero-order valence-electron chi connectivity index (χ0n) is 16.4. The first-order valence-electron chi connectivity index (χ1n) is 9.56. The van der Waals surface area contributed by atoms with Crippen LogP contribution in [0.2, 0.25) is 0 Å². The van der Waals surface area contributed by atoms with Crippen molar-refractivity contribution in [3.05, 3.63) is 101 Å². The van der Waals surface area contributed by atoms with Gasteiger partial charge in [0.15, 0.2) is 0 Å². The number of rotatable bonds is 5. The lowest BCUT2D eigenvalue weighted by Gasteiger charge is -2.18. The van der Waals surface area contributed by atoms with Crippen molar-refractivity contribution in [2.75, 3.05) is 5.32 Å². The molecule has 0 bridgehead atoms. The number of carbonyl (C=O) groups is 1. The summed E-state index contributed by atoms with van der Waals surface area (Å²) < 4.78 is 15.9. The summed E-state index contributed by atoms with van der Waals surface area (Å²) in [5, 5.41) is 2.97. The normalized spacial score (nSPS) is 12.1.